The second kappa shape index (κ2) is 6.50. The van der Waals surface area contributed by atoms with Crippen molar-refractivity contribution in [2.24, 2.45) is 0 Å². The second-order valence-corrected chi connectivity index (χ2v) is 7.44. The van der Waals surface area contributed by atoms with Crippen molar-refractivity contribution in [1.29, 1.82) is 0 Å². The van der Waals surface area contributed by atoms with E-state index in [4.69, 9.17) is 23.2 Å². The van der Waals surface area contributed by atoms with Gasteiger partial charge in [0.05, 0.1) is 0 Å². The first-order chi connectivity index (χ1) is 12.0. The van der Waals surface area contributed by atoms with Crippen LogP contribution in [-0.2, 0) is 0 Å². The first kappa shape index (κ1) is 16.7. The maximum atomic E-state index is 11.8. The lowest BCUT2D eigenvalue weighted by Crippen LogP contribution is -2.58. The number of nitrogens with one attached hydrogen (secondary N) is 4. The summed E-state index contributed by atoms with van der Waals surface area (Å²) < 4.78 is 0. The minimum atomic E-state index is -0.503. The minimum absolute atomic E-state index is 0.0689. The standard InChI is InChI=1S/C18H18Cl2N4O/c19-13-5-1-11(2-6-13)15-9-18(22-17(25)23-24-18)10-16(21-15)12-3-7-14(20)8-4-12/h1-8,15-16,21,24H,9-10H2,(H2,22,23,25). The molecule has 2 saturated heterocycles. The lowest BCUT2D eigenvalue weighted by molar-refractivity contribution is 0.159. The number of amides is 2. The van der Waals surface area contributed by atoms with Crippen LogP contribution in [0.15, 0.2) is 48.5 Å². The van der Waals surface area contributed by atoms with Crippen molar-refractivity contribution in [1.82, 2.24) is 21.5 Å². The van der Waals surface area contributed by atoms with Gasteiger partial charge in [-0.05, 0) is 35.4 Å². The van der Waals surface area contributed by atoms with Crippen molar-refractivity contribution in [3.8, 4) is 0 Å². The van der Waals surface area contributed by atoms with Gasteiger partial charge in [-0.2, -0.15) is 0 Å². The maximum Gasteiger partial charge on any atom is 0.330 e. The molecule has 5 nitrogen and oxygen atoms in total. The van der Waals surface area contributed by atoms with Gasteiger partial charge < -0.3 is 10.6 Å². The third-order valence-electron chi connectivity index (χ3n) is 4.82. The summed E-state index contributed by atoms with van der Waals surface area (Å²) in [5, 5.41) is 8.14. The molecular weight excluding hydrogens is 359 g/mol. The Balaban J connectivity index is 1.66. The molecule has 2 heterocycles. The molecule has 4 N–H and O–H groups in total. The molecule has 2 amide bonds. The van der Waals surface area contributed by atoms with Gasteiger partial charge in [-0.15, -0.1) is 0 Å². The molecule has 0 saturated carbocycles. The predicted octanol–water partition coefficient (Wildman–Crippen LogP) is 3.67. The number of hydrogen-bond acceptors (Lipinski definition) is 3. The number of halogens is 2. The van der Waals surface area contributed by atoms with Gasteiger partial charge in [0.15, 0.2) is 0 Å². The average molecular weight is 377 g/mol. The molecule has 4 rings (SSSR count). The van der Waals surface area contributed by atoms with Crippen molar-refractivity contribution in [3.63, 3.8) is 0 Å². The molecule has 2 fully saturated rings. The Labute approximate surface area is 156 Å². The molecule has 0 radical (unpaired) electrons. The Kier molecular flexibility index (Phi) is 4.33. The number of hydrazine groups is 1. The Morgan fingerprint density at radius 3 is 1.72 bits per heavy atom. The molecule has 2 aliphatic heterocycles. The van der Waals surface area contributed by atoms with Crippen LogP contribution in [0.3, 0.4) is 0 Å². The summed E-state index contributed by atoms with van der Waals surface area (Å²) in [6, 6.07) is 15.5. The van der Waals surface area contributed by atoms with Crippen LogP contribution in [0.25, 0.3) is 0 Å². The molecule has 130 valence electrons. The molecular formula is C18H18Cl2N4O. The SMILES string of the molecule is O=C1NNC2(CC(c3ccc(Cl)cc3)NC(c3ccc(Cl)cc3)C2)N1. The van der Waals surface area contributed by atoms with Crippen LogP contribution in [0, 0.1) is 0 Å². The molecule has 0 bridgehead atoms. The number of carbonyl (C=O) groups is 1. The third kappa shape index (κ3) is 3.46. The van der Waals surface area contributed by atoms with E-state index in [0.29, 0.717) is 10.0 Å². The first-order valence-corrected chi connectivity index (χ1v) is 8.91. The molecule has 0 aromatic heterocycles. The van der Waals surface area contributed by atoms with Crippen molar-refractivity contribution in [2.75, 3.05) is 0 Å². The number of carbonyl (C=O) groups excluding carboxylic acids is 1. The fourth-order valence-corrected chi connectivity index (χ4v) is 3.87. The predicted molar refractivity (Wildman–Crippen MR) is 98.3 cm³/mol. The lowest BCUT2D eigenvalue weighted by Gasteiger charge is -2.42. The smallest absolute Gasteiger partial charge is 0.317 e. The van der Waals surface area contributed by atoms with E-state index >= 15 is 0 Å². The number of hydrogen-bond donors (Lipinski definition) is 4. The van der Waals surface area contributed by atoms with Gasteiger partial charge in [-0.25, -0.2) is 10.2 Å². The molecule has 0 aliphatic carbocycles. The topological polar surface area (TPSA) is 65.2 Å². The third-order valence-corrected chi connectivity index (χ3v) is 5.32. The van der Waals surface area contributed by atoms with Crippen LogP contribution in [0.5, 0.6) is 0 Å². The van der Waals surface area contributed by atoms with Crippen molar-refractivity contribution >= 4 is 29.2 Å². The monoisotopic (exact) mass is 376 g/mol. The highest BCUT2D eigenvalue weighted by molar-refractivity contribution is 6.30. The molecule has 1 spiro atoms. The largest absolute Gasteiger partial charge is 0.330 e. The van der Waals surface area contributed by atoms with E-state index < -0.39 is 5.66 Å². The van der Waals surface area contributed by atoms with E-state index in [-0.39, 0.29) is 18.1 Å². The highest BCUT2D eigenvalue weighted by atomic mass is 35.5. The number of piperidine rings is 1. The fraction of sp³-hybridized carbons (Fsp3) is 0.278. The molecule has 2 unspecified atom stereocenters. The van der Waals surface area contributed by atoms with Gasteiger partial charge in [-0.3, -0.25) is 5.43 Å². The Bertz CT molecular complexity index is 725. The summed E-state index contributed by atoms with van der Waals surface area (Å²) in [7, 11) is 0. The van der Waals surface area contributed by atoms with E-state index in [1.807, 2.05) is 48.5 Å². The van der Waals surface area contributed by atoms with Gasteiger partial charge in [0.25, 0.3) is 0 Å². The molecule has 2 atom stereocenters. The van der Waals surface area contributed by atoms with E-state index in [1.165, 1.54) is 0 Å². The van der Waals surface area contributed by atoms with Crippen LogP contribution < -0.4 is 21.5 Å². The zero-order valence-electron chi connectivity index (χ0n) is 13.4. The molecule has 7 heteroatoms. The maximum absolute atomic E-state index is 11.8. The lowest BCUT2D eigenvalue weighted by atomic mass is 9.83. The summed E-state index contributed by atoms with van der Waals surface area (Å²) in [5.74, 6) is 0. The molecule has 2 aliphatic rings. The Hall–Kier alpha value is -1.79. The van der Waals surface area contributed by atoms with Gasteiger partial charge >= 0.3 is 6.03 Å². The summed E-state index contributed by atoms with van der Waals surface area (Å²) in [5.41, 5.74) is 7.57. The Morgan fingerprint density at radius 1 is 0.840 bits per heavy atom. The fourth-order valence-electron chi connectivity index (χ4n) is 3.62. The highest BCUT2D eigenvalue weighted by Gasteiger charge is 2.45. The summed E-state index contributed by atoms with van der Waals surface area (Å²) >= 11 is 12.0. The summed E-state index contributed by atoms with van der Waals surface area (Å²) in [6.45, 7) is 0. The zero-order valence-corrected chi connectivity index (χ0v) is 14.9. The van der Waals surface area contributed by atoms with E-state index in [9.17, 15) is 4.79 Å². The van der Waals surface area contributed by atoms with Crippen LogP contribution in [0.1, 0.15) is 36.1 Å². The van der Waals surface area contributed by atoms with E-state index in [0.717, 1.165) is 24.0 Å². The second-order valence-electron chi connectivity index (χ2n) is 6.57. The van der Waals surface area contributed by atoms with Gasteiger partial charge in [0.2, 0.25) is 0 Å². The highest BCUT2D eigenvalue weighted by Crippen LogP contribution is 2.38. The van der Waals surface area contributed by atoms with Crippen molar-refractivity contribution in [2.45, 2.75) is 30.6 Å². The van der Waals surface area contributed by atoms with Crippen molar-refractivity contribution in [3.05, 3.63) is 69.7 Å². The first-order valence-electron chi connectivity index (χ1n) is 8.15. The molecule has 2 aromatic rings. The van der Waals surface area contributed by atoms with Crippen LogP contribution in [-0.4, -0.2) is 11.7 Å². The van der Waals surface area contributed by atoms with Crippen LogP contribution >= 0.6 is 23.2 Å². The normalized spacial score (nSPS) is 28.6. The number of urea groups is 1. The van der Waals surface area contributed by atoms with Gasteiger partial charge in [0, 0.05) is 35.0 Å². The average Bonchev–Trinajstić information content (AvgIpc) is 2.95. The van der Waals surface area contributed by atoms with E-state index in [2.05, 4.69) is 21.5 Å². The van der Waals surface area contributed by atoms with Gasteiger partial charge in [-0.1, -0.05) is 47.5 Å². The van der Waals surface area contributed by atoms with Crippen molar-refractivity contribution < 1.29 is 4.79 Å². The molecule has 2 aromatic carbocycles. The summed E-state index contributed by atoms with van der Waals surface area (Å²) in [6.07, 6.45) is 1.44. The van der Waals surface area contributed by atoms with Crippen LogP contribution in [0.2, 0.25) is 10.0 Å². The number of benzene rings is 2. The Morgan fingerprint density at radius 2 is 1.32 bits per heavy atom. The van der Waals surface area contributed by atoms with Crippen LogP contribution in [0.4, 0.5) is 4.79 Å². The number of rotatable bonds is 2. The zero-order chi connectivity index (χ0) is 17.4. The summed E-state index contributed by atoms with van der Waals surface area (Å²) in [4.78, 5) is 11.8. The quantitative estimate of drug-likeness (QED) is 0.646. The van der Waals surface area contributed by atoms with E-state index in [1.54, 1.807) is 0 Å². The van der Waals surface area contributed by atoms with Gasteiger partial charge in [0.1, 0.15) is 5.66 Å². The minimum Gasteiger partial charge on any atom is -0.317 e. The molecule has 25 heavy (non-hydrogen) atoms.